The number of halogens is 2. The molecule has 6 nitrogen and oxygen atoms in total. The fourth-order valence-corrected chi connectivity index (χ4v) is 2.73. The highest BCUT2D eigenvalue weighted by Crippen LogP contribution is 2.25. The van der Waals surface area contributed by atoms with Gasteiger partial charge in [0.15, 0.2) is 0 Å². The number of likely N-dealkylation sites (tertiary alicyclic amines) is 1. The summed E-state index contributed by atoms with van der Waals surface area (Å²) in [6, 6.07) is 5.88. The van der Waals surface area contributed by atoms with Gasteiger partial charge < -0.3 is 20.7 Å². The molecule has 1 fully saturated rings. The first kappa shape index (κ1) is 18.1. The summed E-state index contributed by atoms with van der Waals surface area (Å²) >= 11 is 0. The minimum Gasteiger partial charge on any atom is -0.434 e. The molecule has 1 saturated heterocycles. The number of benzene rings is 1. The average Bonchev–Trinajstić information content (AvgIpc) is 2.59. The molecule has 0 saturated carbocycles. The van der Waals surface area contributed by atoms with Crippen LogP contribution in [0, 0.1) is 5.92 Å². The maximum Gasteiger partial charge on any atom is 0.387 e. The topological polar surface area (TPSA) is 84.7 Å². The number of hydrogen-bond donors (Lipinski definition) is 2. The number of nitrogens with two attached hydrogens (primary N) is 1. The van der Waals surface area contributed by atoms with Gasteiger partial charge in [0.05, 0.1) is 11.5 Å². The predicted octanol–water partition coefficient (Wildman–Crippen LogP) is 1.22. The highest BCUT2D eigenvalue weighted by molar-refractivity contribution is 5.97. The van der Waals surface area contributed by atoms with E-state index in [-0.39, 0.29) is 29.7 Å². The number of piperidine rings is 1. The summed E-state index contributed by atoms with van der Waals surface area (Å²) in [4.78, 5) is 26.2. The molecule has 1 atom stereocenters. The molecular formula is C16H21F2N3O3. The minimum absolute atomic E-state index is 0.0702. The van der Waals surface area contributed by atoms with Crippen molar-refractivity contribution in [2.45, 2.75) is 19.5 Å². The van der Waals surface area contributed by atoms with Crippen LogP contribution >= 0.6 is 0 Å². The normalized spacial score (nSPS) is 17.7. The number of amides is 2. The Balaban J connectivity index is 2.08. The molecule has 2 amide bonds. The molecule has 0 aliphatic carbocycles. The molecule has 3 N–H and O–H groups in total. The predicted molar refractivity (Wildman–Crippen MR) is 83.8 cm³/mol. The molecule has 0 radical (unpaired) electrons. The van der Waals surface area contributed by atoms with Gasteiger partial charge in [-0.1, -0.05) is 12.1 Å². The van der Waals surface area contributed by atoms with Crippen molar-refractivity contribution in [2.75, 3.05) is 26.2 Å². The van der Waals surface area contributed by atoms with Gasteiger partial charge >= 0.3 is 6.61 Å². The van der Waals surface area contributed by atoms with Gasteiger partial charge in [0.25, 0.3) is 5.91 Å². The summed E-state index contributed by atoms with van der Waals surface area (Å²) in [6.45, 7) is -1.55. The van der Waals surface area contributed by atoms with E-state index in [1.54, 1.807) is 6.07 Å². The van der Waals surface area contributed by atoms with Gasteiger partial charge in [0.1, 0.15) is 5.75 Å². The Morgan fingerprint density at radius 2 is 2.12 bits per heavy atom. The zero-order valence-electron chi connectivity index (χ0n) is 13.2. The van der Waals surface area contributed by atoms with Crippen LogP contribution in [0.1, 0.15) is 23.2 Å². The largest absolute Gasteiger partial charge is 0.434 e. The Morgan fingerprint density at radius 3 is 2.83 bits per heavy atom. The number of alkyl halides is 2. The molecule has 1 heterocycles. The van der Waals surface area contributed by atoms with E-state index in [1.165, 1.54) is 23.1 Å². The zero-order chi connectivity index (χ0) is 17.5. The molecule has 0 aromatic heterocycles. The van der Waals surface area contributed by atoms with Crippen molar-refractivity contribution in [3.63, 3.8) is 0 Å². The molecule has 1 unspecified atom stereocenters. The van der Waals surface area contributed by atoms with Crippen LogP contribution in [0.3, 0.4) is 0 Å². The van der Waals surface area contributed by atoms with Gasteiger partial charge in [0, 0.05) is 26.2 Å². The number of carbonyl (C=O) groups excluding carboxylic acids is 2. The quantitative estimate of drug-likeness (QED) is 0.815. The Hall–Kier alpha value is -2.22. The lowest BCUT2D eigenvalue weighted by atomic mass is 9.96. The maximum absolute atomic E-state index is 12.6. The lowest BCUT2D eigenvalue weighted by molar-refractivity contribution is -0.126. The van der Waals surface area contributed by atoms with Crippen molar-refractivity contribution in [1.82, 2.24) is 10.2 Å². The number of para-hydroxylation sites is 1. The number of rotatable bonds is 6. The minimum atomic E-state index is -3.00. The summed E-state index contributed by atoms with van der Waals surface area (Å²) in [5, 5.41) is 2.71. The summed E-state index contributed by atoms with van der Waals surface area (Å²) in [5.74, 6) is -1.04. The monoisotopic (exact) mass is 341 g/mol. The lowest BCUT2D eigenvalue weighted by Crippen LogP contribution is -2.46. The second-order valence-electron chi connectivity index (χ2n) is 5.54. The fourth-order valence-electron chi connectivity index (χ4n) is 2.73. The highest BCUT2D eigenvalue weighted by atomic mass is 19.3. The molecule has 1 aromatic rings. The first-order chi connectivity index (χ1) is 11.5. The third-order valence-corrected chi connectivity index (χ3v) is 3.86. The molecule has 2 rings (SSSR count). The van der Waals surface area contributed by atoms with Crippen molar-refractivity contribution in [3.05, 3.63) is 29.8 Å². The van der Waals surface area contributed by atoms with E-state index < -0.39 is 12.5 Å². The number of nitrogens with zero attached hydrogens (tertiary/aromatic N) is 1. The van der Waals surface area contributed by atoms with E-state index in [2.05, 4.69) is 10.1 Å². The molecule has 132 valence electrons. The van der Waals surface area contributed by atoms with Gasteiger partial charge in [-0.15, -0.1) is 0 Å². The van der Waals surface area contributed by atoms with Crippen LogP contribution in [-0.4, -0.2) is 49.5 Å². The summed E-state index contributed by atoms with van der Waals surface area (Å²) in [6.07, 6.45) is 1.35. The Labute approximate surface area is 138 Å². The Kier molecular flexibility index (Phi) is 6.48. The van der Waals surface area contributed by atoms with Crippen molar-refractivity contribution >= 4 is 11.8 Å². The Morgan fingerprint density at radius 1 is 1.38 bits per heavy atom. The number of hydrogen-bond acceptors (Lipinski definition) is 4. The standard InChI is InChI=1S/C16H21F2N3O3/c17-16(18)24-13-6-2-1-5-12(13)15(23)21-9-3-4-11(10-21)14(22)20-8-7-19/h1-2,5-6,11,16H,3-4,7-10,19H2,(H,20,22). The van der Waals surface area contributed by atoms with Crippen LogP contribution < -0.4 is 15.8 Å². The van der Waals surface area contributed by atoms with Crippen molar-refractivity contribution in [1.29, 1.82) is 0 Å². The first-order valence-corrected chi connectivity index (χ1v) is 7.83. The number of nitrogens with one attached hydrogen (secondary N) is 1. The van der Waals surface area contributed by atoms with Gasteiger partial charge in [0.2, 0.25) is 5.91 Å². The Bertz CT molecular complexity index is 583. The van der Waals surface area contributed by atoms with Gasteiger partial charge in [-0.05, 0) is 25.0 Å². The highest BCUT2D eigenvalue weighted by Gasteiger charge is 2.30. The summed E-state index contributed by atoms with van der Waals surface area (Å²) in [5.41, 5.74) is 5.43. The molecule has 1 aromatic carbocycles. The molecule has 24 heavy (non-hydrogen) atoms. The van der Waals surface area contributed by atoms with E-state index in [0.717, 1.165) is 0 Å². The maximum atomic E-state index is 12.6. The summed E-state index contributed by atoms with van der Waals surface area (Å²) in [7, 11) is 0. The van der Waals surface area contributed by atoms with E-state index >= 15 is 0 Å². The number of carbonyl (C=O) groups is 2. The van der Waals surface area contributed by atoms with Crippen LogP contribution in [0.2, 0.25) is 0 Å². The smallest absolute Gasteiger partial charge is 0.387 e. The van der Waals surface area contributed by atoms with E-state index in [0.29, 0.717) is 32.5 Å². The van der Waals surface area contributed by atoms with Gasteiger partial charge in [-0.2, -0.15) is 8.78 Å². The van der Waals surface area contributed by atoms with E-state index in [4.69, 9.17) is 5.73 Å². The third-order valence-electron chi connectivity index (χ3n) is 3.86. The number of ether oxygens (including phenoxy) is 1. The first-order valence-electron chi connectivity index (χ1n) is 7.83. The molecule has 0 bridgehead atoms. The van der Waals surface area contributed by atoms with Gasteiger partial charge in [-0.3, -0.25) is 9.59 Å². The van der Waals surface area contributed by atoms with Crippen LogP contribution in [-0.2, 0) is 4.79 Å². The van der Waals surface area contributed by atoms with Crippen molar-refractivity contribution in [3.8, 4) is 5.75 Å². The summed E-state index contributed by atoms with van der Waals surface area (Å²) < 4.78 is 29.4. The molecule has 1 aliphatic heterocycles. The molecule has 1 aliphatic rings. The molecule has 8 heteroatoms. The molecule has 0 spiro atoms. The van der Waals surface area contributed by atoms with Crippen LogP contribution in [0.15, 0.2) is 24.3 Å². The van der Waals surface area contributed by atoms with Crippen molar-refractivity contribution < 1.29 is 23.1 Å². The molecular weight excluding hydrogens is 320 g/mol. The van der Waals surface area contributed by atoms with Crippen molar-refractivity contribution in [2.24, 2.45) is 11.7 Å². The average molecular weight is 341 g/mol. The van der Waals surface area contributed by atoms with Gasteiger partial charge in [-0.25, -0.2) is 0 Å². The van der Waals surface area contributed by atoms with E-state index in [1.807, 2.05) is 0 Å². The van der Waals surface area contributed by atoms with Crippen LogP contribution in [0.25, 0.3) is 0 Å². The third kappa shape index (κ3) is 4.64. The second-order valence-corrected chi connectivity index (χ2v) is 5.54. The van der Waals surface area contributed by atoms with Crippen LogP contribution in [0.4, 0.5) is 8.78 Å². The fraction of sp³-hybridized carbons (Fsp3) is 0.500. The van der Waals surface area contributed by atoms with E-state index in [9.17, 15) is 18.4 Å². The zero-order valence-corrected chi connectivity index (χ0v) is 13.2. The van der Waals surface area contributed by atoms with Crippen LogP contribution in [0.5, 0.6) is 5.75 Å². The lowest BCUT2D eigenvalue weighted by Gasteiger charge is -2.32. The SMILES string of the molecule is NCCNC(=O)C1CCCN(C(=O)c2ccccc2OC(F)F)C1. The second kappa shape index (κ2) is 8.58.